The Balaban J connectivity index is 1.96. The van der Waals surface area contributed by atoms with Gasteiger partial charge in [0.2, 0.25) is 0 Å². The normalized spacial score (nSPS) is 30.4. The molecule has 0 aromatic heterocycles. The van der Waals surface area contributed by atoms with Gasteiger partial charge in [-0.15, -0.1) is 0 Å². The Bertz CT molecular complexity index is 814. The van der Waals surface area contributed by atoms with Crippen LogP contribution < -0.4 is 0 Å². The average Bonchev–Trinajstić information content (AvgIpc) is 2.79. The number of unbranched alkanes of at least 4 members (excludes halogenated alkanes) is 5. The van der Waals surface area contributed by atoms with Crippen molar-refractivity contribution in [1.82, 2.24) is 0 Å². The van der Waals surface area contributed by atoms with E-state index in [0.29, 0.717) is 5.92 Å². The second-order valence-corrected chi connectivity index (χ2v) is 11.9. The molecule has 0 saturated heterocycles. The van der Waals surface area contributed by atoms with Crippen LogP contribution in [0.25, 0.3) is 0 Å². The highest BCUT2D eigenvalue weighted by molar-refractivity contribution is 5.31. The molecule has 2 aliphatic rings. The van der Waals surface area contributed by atoms with Gasteiger partial charge in [-0.1, -0.05) is 76.5 Å². The summed E-state index contributed by atoms with van der Waals surface area (Å²) in [5, 5.41) is 20.8. The molecule has 0 radical (unpaired) electrons. The van der Waals surface area contributed by atoms with Crippen molar-refractivity contribution in [2.24, 2.45) is 17.3 Å². The molecular weight excluding hydrogens is 432 g/mol. The lowest BCUT2D eigenvalue weighted by Gasteiger charge is -2.57. The molecule has 2 aliphatic carbocycles. The largest absolute Gasteiger partial charge is 0.390 e. The molecule has 6 atom stereocenters. The Morgan fingerprint density at radius 1 is 1.09 bits per heavy atom. The Labute approximate surface area is 215 Å². The van der Waals surface area contributed by atoms with Crippen molar-refractivity contribution in [2.45, 2.75) is 135 Å². The van der Waals surface area contributed by atoms with E-state index in [9.17, 15) is 10.2 Å². The lowest BCUT2D eigenvalue weighted by Crippen LogP contribution is -2.55. The highest BCUT2D eigenvalue weighted by Gasteiger charge is 2.54. The summed E-state index contributed by atoms with van der Waals surface area (Å²) < 4.78 is 6.63. The second-order valence-electron chi connectivity index (χ2n) is 11.9. The quantitative estimate of drug-likeness (QED) is 0.190. The van der Waals surface area contributed by atoms with Crippen molar-refractivity contribution in [2.75, 3.05) is 0 Å². The number of aliphatic hydroxyl groups excluding tert-OH is 1. The standard InChI is InChI=1S/C32H50O3/c1-7-9-10-11-12-13-14-18-27(33)19-15-16-20-28(8-2)35-32(6)23-17-22-31(5)24-21-26(25-29(31)32)30(3,4)34/h8,14,18,26-29,33-34H,2,7,9-13,17,21-25H2,1,3-6H3/b18-14-/t26-,27+,28-,29-,31-,32-/m1/s1. The first-order valence-corrected chi connectivity index (χ1v) is 13.9. The number of ether oxygens (including phenoxy) is 1. The molecule has 0 aromatic carbocycles. The van der Waals surface area contributed by atoms with E-state index in [4.69, 9.17) is 4.74 Å². The van der Waals surface area contributed by atoms with E-state index in [1.165, 1.54) is 32.1 Å². The summed E-state index contributed by atoms with van der Waals surface area (Å²) >= 11 is 0. The minimum atomic E-state index is -0.791. The molecule has 0 spiro atoms. The van der Waals surface area contributed by atoms with E-state index in [-0.39, 0.29) is 16.9 Å². The molecule has 2 saturated carbocycles. The van der Waals surface area contributed by atoms with Gasteiger partial charge in [-0.05, 0) is 101 Å². The van der Waals surface area contributed by atoms with Gasteiger partial charge in [0.1, 0.15) is 12.2 Å². The maximum atomic E-state index is 10.7. The predicted molar refractivity (Wildman–Crippen MR) is 147 cm³/mol. The second kappa shape index (κ2) is 13.7. The van der Waals surface area contributed by atoms with E-state index < -0.39 is 17.8 Å². The zero-order valence-electron chi connectivity index (χ0n) is 23.0. The van der Waals surface area contributed by atoms with Crippen LogP contribution in [-0.2, 0) is 4.74 Å². The van der Waals surface area contributed by atoms with Crippen molar-refractivity contribution in [3.63, 3.8) is 0 Å². The zero-order valence-corrected chi connectivity index (χ0v) is 23.0. The van der Waals surface area contributed by atoms with Gasteiger partial charge in [0.05, 0.1) is 11.2 Å². The number of allylic oxidation sites excluding steroid dienone is 1. The van der Waals surface area contributed by atoms with Gasteiger partial charge >= 0.3 is 0 Å². The summed E-state index contributed by atoms with van der Waals surface area (Å²) in [5.41, 5.74) is -0.741. The first-order chi connectivity index (χ1) is 16.5. The van der Waals surface area contributed by atoms with Gasteiger partial charge in [-0.2, -0.15) is 0 Å². The van der Waals surface area contributed by atoms with E-state index in [0.717, 1.165) is 44.9 Å². The molecular formula is C32H50O3. The predicted octanol–water partition coefficient (Wildman–Crippen LogP) is 6.98. The maximum absolute atomic E-state index is 10.7. The van der Waals surface area contributed by atoms with Gasteiger partial charge in [-0.3, -0.25) is 0 Å². The van der Waals surface area contributed by atoms with Crippen molar-refractivity contribution >= 4 is 0 Å². The van der Waals surface area contributed by atoms with Crippen LogP contribution in [0, 0.1) is 40.9 Å². The van der Waals surface area contributed by atoms with Crippen LogP contribution in [0.5, 0.6) is 0 Å². The van der Waals surface area contributed by atoms with Crippen LogP contribution in [0.3, 0.4) is 0 Å². The molecule has 3 heteroatoms. The third kappa shape index (κ3) is 9.13. The van der Waals surface area contributed by atoms with Gasteiger partial charge in [0.25, 0.3) is 0 Å². The van der Waals surface area contributed by atoms with Crippen LogP contribution in [0.2, 0.25) is 0 Å². The lowest BCUT2D eigenvalue weighted by molar-refractivity contribution is -0.176. The van der Waals surface area contributed by atoms with Crippen LogP contribution in [0.4, 0.5) is 0 Å². The number of hydrogen-bond acceptors (Lipinski definition) is 3. The SMILES string of the molecule is C=C[C@H](C#CC#C[C@@H](O)/C=C\CCCCCCC)O[C@]1(C)CCC[C@]2(C)CC[C@@H](C(C)(C)O)C[C@H]21. The lowest BCUT2D eigenvalue weighted by atomic mass is 9.52. The molecule has 35 heavy (non-hydrogen) atoms. The van der Waals surface area contributed by atoms with Crippen molar-refractivity contribution in [1.29, 1.82) is 0 Å². The molecule has 0 aliphatic heterocycles. The molecule has 196 valence electrons. The average molecular weight is 483 g/mol. The Hall–Kier alpha value is -1.52. The number of rotatable bonds is 11. The Morgan fingerprint density at radius 2 is 1.80 bits per heavy atom. The van der Waals surface area contributed by atoms with Gasteiger partial charge in [-0.25, -0.2) is 0 Å². The Morgan fingerprint density at radius 3 is 2.49 bits per heavy atom. The molecule has 3 nitrogen and oxygen atoms in total. The van der Waals surface area contributed by atoms with Gasteiger partial charge in [0, 0.05) is 0 Å². The molecule has 0 amide bonds. The third-order valence-corrected chi connectivity index (χ3v) is 8.48. The molecule has 0 unspecified atom stereocenters. The highest BCUT2D eigenvalue weighted by atomic mass is 16.5. The van der Waals surface area contributed by atoms with Crippen LogP contribution in [-0.4, -0.2) is 33.6 Å². The van der Waals surface area contributed by atoms with E-state index in [1.807, 2.05) is 19.9 Å². The number of aliphatic hydroxyl groups is 2. The first-order valence-electron chi connectivity index (χ1n) is 13.9. The molecule has 0 aromatic rings. The zero-order chi connectivity index (χ0) is 26.0. The highest BCUT2D eigenvalue weighted by Crippen LogP contribution is 2.58. The minimum Gasteiger partial charge on any atom is -0.390 e. The van der Waals surface area contributed by atoms with Crippen LogP contribution in [0.1, 0.15) is 112 Å². The molecule has 2 N–H and O–H groups in total. The van der Waals surface area contributed by atoms with Crippen molar-refractivity contribution < 1.29 is 14.9 Å². The van der Waals surface area contributed by atoms with E-state index in [2.05, 4.69) is 51.0 Å². The summed E-state index contributed by atoms with van der Waals surface area (Å²) in [5.74, 6) is 12.2. The molecule has 2 fully saturated rings. The smallest absolute Gasteiger partial charge is 0.138 e. The summed E-state index contributed by atoms with van der Waals surface area (Å²) in [4.78, 5) is 0. The summed E-state index contributed by atoms with van der Waals surface area (Å²) in [7, 11) is 0. The van der Waals surface area contributed by atoms with Gasteiger partial charge < -0.3 is 14.9 Å². The number of fused-ring (bicyclic) bond motifs is 1. The third-order valence-electron chi connectivity index (χ3n) is 8.48. The number of hydrogen-bond donors (Lipinski definition) is 2. The maximum Gasteiger partial charge on any atom is 0.138 e. The topological polar surface area (TPSA) is 49.7 Å². The molecule has 0 heterocycles. The Kier molecular flexibility index (Phi) is 11.6. The van der Waals surface area contributed by atoms with E-state index >= 15 is 0 Å². The first kappa shape index (κ1) is 29.7. The fraction of sp³-hybridized carbons (Fsp3) is 0.750. The molecule has 0 bridgehead atoms. The van der Waals surface area contributed by atoms with Crippen LogP contribution in [0.15, 0.2) is 24.8 Å². The monoisotopic (exact) mass is 482 g/mol. The fourth-order valence-corrected chi connectivity index (χ4v) is 6.23. The summed E-state index contributed by atoms with van der Waals surface area (Å²) in [6, 6.07) is 0. The van der Waals surface area contributed by atoms with Crippen molar-refractivity contribution in [3.05, 3.63) is 24.8 Å². The van der Waals surface area contributed by atoms with E-state index in [1.54, 1.807) is 12.2 Å². The molecule has 2 rings (SSSR count). The minimum absolute atomic E-state index is 0.236. The fourth-order valence-electron chi connectivity index (χ4n) is 6.23. The van der Waals surface area contributed by atoms with Crippen molar-refractivity contribution in [3.8, 4) is 23.7 Å². The summed E-state index contributed by atoms with van der Waals surface area (Å²) in [6.45, 7) is 14.7. The van der Waals surface area contributed by atoms with Crippen LogP contribution >= 0.6 is 0 Å². The summed E-state index contributed by atoms with van der Waals surface area (Å²) in [6.07, 6.45) is 18.1. The van der Waals surface area contributed by atoms with Gasteiger partial charge in [0.15, 0.2) is 0 Å².